The normalized spacial score (nSPS) is 13.2. The van der Waals surface area contributed by atoms with E-state index in [1.807, 2.05) is 44.3 Å². The molecule has 4 aromatic rings. The van der Waals surface area contributed by atoms with E-state index in [0.29, 0.717) is 17.0 Å². The predicted octanol–water partition coefficient (Wildman–Crippen LogP) is 4.71. The molecule has 2 aromatic carbocycles. The third-order valence-corrected chi connectivity index (χ3v) is 5.70. The molecule has 4 rings (SSSR count). The molecule has 2 heterocycles. The lowest BCUT2D eigenvalue weighted by Crippen LogP contribution is -2.36. The molecule has 0 saturated heterocycles. The van der Waals surface area contributed by atoms with Crippen molar-refractivity contribution in [2.75, 3.05) is 13.7 Å². The van der Waals surface area contributed by atoms with Gasteiger partial charge < -0.3 is 19.4 Å². The van der Waals surface area contributed by atoms with E-state index in [1.54, 1.807) is 26.2 Å². The summed E-state index contributed by atoms with van der Waals surface area (Å²) in [5.41, 5.74) is 3.64. The quantitative estimate of drug-likeness (QED) is 0.474. The first kappa shape index (κ1) is 19.6. The third kappa shape index (κ3) is 2.82. The average molecular weight is 401 g/mol. The SMILES string of the molecule is CCOC(=O)C(C)(c1cc2cc(C#N)ccc2[nH]1)c1c(OC)cc(C)c2[nH]ccc12. The Morgan fingerprint density at radius 3 is 2.73 bits per heavy atom. The van der Waals surface area contributed by atoms with E-state index >= 15 is 0 Å². The maximum atomic E-state index is 13.4. The summed E-state index contributed by atoms with van der Waals surface area (Å²) in [5, 5.41) is 11.0. The lowest BCUT2D eigenvalue weighted by molar-refractivity contribution is -0.147. The number of benzene rings is 2. The maximum absolute atomic E-state index is 13.4. The highest BCUT2D eigenvalue weighted by Crippen LogP contribution is 2.44. The molecule has 0 fully saturated rings. The number of esters is 1. The number of nitrogens with zero attached hydrogens (tertiary/aromatic N) is 1. The minimum absolute atomic E-state index is 0.262. The average Bonchev–Trinajstić information content (AvgIpc) is 3.40. The van der Waals surface area contributed by atoms with Crippen LogP contribution in [0.2, 0.25) is 0 Å². The summed E-state index contributed by atoms with van der Waals surface area (Å²) in [6.07, 6.45) is 1.86. The number of nitrogens with one attached hydrogen (secondary N) is 2. The van der Waals surface area contributed by atoms with Gasteiger partial charge in [-0.3, -0.25) is 4.79 Å². The van der Waals surface area contributed by atoms with E-state index in [-0.39, 0.29) is 12.6 Å². The first-order chi connectivity index (χ1) is 14.4. The van der Waals surface area contributed by atoms with Gasteiger partial charge in [-0.05, 0) is 62.7 Å². The maximum Gasteiger partial charge on any atom is 0.322 e. The topological polar surface area (TPSA) is 90.9 Å². The fourth-order valence-corrected chi connectivity index (χ4v) is 4.15. The van der Waals surface area contributed by atoms with Crippen molar-refractivity contribution >= 4 is 27.8 Å². The Morgan fingerprint density at radius 2 is 2.03 bits per heavy atom. The molecule has 0 spiro atoms. The molecule has 30 heavy (non-hydrogen) atoms. The van der Waals surface area contributed by atoms with E-state index < -0.39 is 5.41 Å². The van der Waals surface area contributed by atoms with Crippen LogP contribution in [-0.2, 0) is 14.9 Å². The Balaban J connectivity index is 2.06. The summed E-state index contributed by atoms with van der Waals surface area (Å²) in [6.45, 7) is 5.90. The number of nitriles is 1. The minimum atomic E-state index is -1.15. The van der Waals surface area contributed by atoms with Gasteiger partial charge in [0.1, 0.15) is 11.2 Å². The number of hydrogen-bond acceptors (Lipinski definition) is 4. The van der Waals surface area contributed by atoms with Gasteiger partial charge in [-0.25, -0.2) is 0 Å². The number of hydrogen-bond donors (Lipinski definition) is 2. The van der Waals surface area contributed by atoms with Crippen molar-refractivity contribution in [1.82, 2.24) is 9.97 Å². The van der Waals surface area contributed by atoms with E-state index in [4.69, 9.17) is 9.47 Å². The van der Waals surface area contributed by atoms with Crippen LogP contribution in [0.1, 0.15) is 36.2 Å². The number of ether oxygens (including phenoxy) is 2. The van der Waals surface area contributed by atoms with Crippen LogP contribution in [0.3, 0.4) is 0 Å². The fourth-order valence-electron chi connectivity index (χ4n) is 4.15. The summed E-state index contributed by atoms with van der Waals surface area (Å²) in [6, 6.07) is 13.4. The van der Waals surface area contributed by atoms with Crippen molar-refractivity contribution in [2.24, 2.45) is 0 Å². The molecule has 152 valence electrons. The summed E-state index contributed by atoms with van der Waals surface area (Å²) >= 11 is 0. The molecule has 6 nitrogen and oxygen atoms in total. The number of carbonyl (C=O) groups excluding carboxylic acids is 1. The van der Waals surface area contributed by atoms with Crippen LogP contribution in [0.15, 0.2) is 42.6 Å². The van der Waals surface area contributed by atoms with E-state index in [9.17, 15) is 10.1 Å². The number of carbonyl (C=O) groups is 1. The van der Waals surface area contributed by atoms with Crippen LogP contribution in [-0.4, -0.2) is 29.7 Å². The second kappa shape index (κ2) is 7.27. The van der Waals surface area contributed by atoms with Gasteiger partial charge in [0, 0.05) is 39.3 Å². The van der Waals surface area contributed by atoms with Crippen LogP contribution in [0, 0.1) is 18.3 Å². The van der Waals surface area contributed by atoms with E-state index in [2.05, 4.69) is 16.0 Å². The number of methoxy groups -OCH3 is 1. The zero-order chi connectivity index (χ0) is 21.5. The van der Waals surface area contributed by atoms with Crippen molar-refractivity contribution in [1.29, 1.82) is 5.26 Å². The highest BCUT2D eigenvalue weighted by molar-refractivity contribution is 5.99. The Hall–Kier alpha value is -3.72. The van der Waals surface area contributed by atoms with Gasteiger partial charge in [0.15, 0.2) is 0 Å². The number of aromatic amines is 2. The van der Waals surface area contributed by atoms with Gasteiger partial charge in [-0.1, -0.05) is 0 Å². The Bertz CT molecular complexity index is 1310. The molecule has 0 aliphatic carbocycles. The van der Waals surface area contributed by atoms with Gasteiger partial charge in [-0.2, -0.15) is 5.26 Å². The molecule has 0 aliphatic rings. The number of aromatic nitrogens is 2. The van der Waals surface area contributed by atoms with Crippen LogP contribution < -0.4 is 4.74 Å². The van der Waals surface area contributed by atoms with Crippen molar-refractivity contribution < 1.29 is 14.3 Å². The number of rotatable bonds is 5. The monoisotopic (exact) mass is 401 g/mol. The number of fused-ring (bicyclic) bond motifs is 2. The van der Waals surface area contributed by atoms with Crippen molar-refractivity contribution in [3.63, 3.8) is 0 Å². The number of aryl methyl sites for hydroxylation is 1. The molecule has 1 unspecified atom stereocenters. The second-order valence-corrected chi connectivity index (χ2v) is 7.48. The van der Waals surface area contributed by atoms with Gasteiger partial charge in [0.05, 0.1) is 25.3 Å². The summed E-state index contributed by atoms with van der Waals surface area (Å²) in [7, 11) is 1.60. The molecule has 0 radical (unpaired) electrons. The van der Waals surface area contributed by atoms with Crippen LogP contribution in [0.25, 0.3) is 21.8 Å². The lowest BCUT2D eigenvalue weighted by atomic mass is 9.76. The second-order valence-electron chi connectivity index (χ2n) is 7.48. The van der Waals surface area contributed by atoms with Gasteiger partial charge in [0.25, 0.3) is 0 Å². The Morgan fingerprint density at radius 1 is 1.23 bits per heavy atom. The van der Waals surface area contributed by atoms with Crippen LogP contribution in [0.4, 0.5) is 0 Å². The molecule has 0 amide bonds. The highest BCUT2D eigenvalue weighted by Gasteiger charge is 2.44. The van der Waals surface area contributed by atoms with Crippen molar-refractivity contribution in [3.05, 3.63) is 65.0 Å². The van der Waals surface area contributed by atoms with Crippen LogP contribution in [0.5, 0.6) is 5.75 Å². The van der Waals surface area contributed by atoms with Gasteiger partial charge in [0.2, 0.25) is 0 Å². The number of H-pyrrole nitrogens is 2. The molecule has 0 bridgehead atoms. The summed E-state index contributed by atoms with van der Waals surface area (Å²) in [4.78, 5) is 20.1. The van der Waals surface area contributed by atoms with E-state index in [1.165, 1.54) is 0 Å². The molecule has 0 saturated carbocycles. The lowest BCUT2D eigenvalue weighted by Gasteiger charge is -2.29. The third-order valence-electron chi connectivity index (χ3n) is 5.70. The van der Waals surface area contributed by atoms with Gasteiger partial charge in [-0.15, -0.1) is 0 Å². The zero-order valence-corrected chi connectivity index (χ0v) is 17.4. The van der Waals surface area contributed by atoms with Crippen molar-refractivity contribution in [3.8, 4) is 11.8 Å². The zero-order valence-electron chi connectivity index (χ0n) is 17.4. The first-order valence-electron chi connectivity index (χ1n) is 9.79. The molecule has 1 atom stereocenters. The predicted molar refractivity (Wildman–Crippen MR) is 116 cm³/mol. The molecule has 6 heteroatoms. The first-order valence-corrected chi connectivity index (χ1v) is 9.79. The Kier molecular flexibility index (Phi) is 4.75. The van der Waals surface area contributed by atoms with Crippen LogP contribution >= 0.6 is 0 Å². The van der Waals surface area contributed by atoms with Crippen molar-refractivity contribution in [2.45, 2.75) is 26.2 Å². The highest BCUT2D eigenvalue weighted by atomic mass is 16.5. The molecule has 2 aromatic heterocycles. The standard InChI is InChI=1S/C24H23N3O3/c1-5-30-23(28)24(3,20-12-16-11-15(13-25)6-7-18(16)27-20)21-17-8-9-26-22(17)14(2)10-19(21)29-4/h6-12,26-27H,5H2,1-4H3. The smallest absolute Gasteiger partial charge is 0.322 e. The fraction of sp³-hybridized carbons (Fsp3) is 0.250. The molecule has 2 N–H and O–H groups in total. The Labute approximate surface area is 174 Å². The molecular weight excluding hydrogens is 378 g/mol. The van der Waals surface area contributed by atoms with E-state index in [0.717, 1.165) is 32.9 Å². The minimum Gasteiger partial charge on any atom is -0.496 e. The van der Waals surface area contributed by atoms with Gasteiger partial charge >= 0.3 is 5.97 Å². The largest absolute Gasteiger partial charge is 0.496 e. The summed E-state index contributed by atoms with van der Waals surface area (Å²) < 4.78 is 11.3. The molecular formula is C24H23N3O3. The summed E-state index contributed by atoms with van der Waals surface area (Å²) in [5.74, 6) is 0.244. The molecule has 0 aliphatic heterocycles.